The minimum atomic E-state index is -0.158. The number of hydrogen-bond acceptors (Lipinski definition) is 5. The van der Waals surface area contributed by atoms with Crippen molar-refractivity contribution in [2.75, 3.05) is 26.8 Å². The average molecular weight is 428 g/mol. The van der Waals surface area contributed by atoms with Crippen molar-refractivity contribution in [2.45, 2.75) is 117 Å². The monoisotopic (exact) mass is 427 g/mol. The van der Waals surface area contributed by atoms with E-state index in [-0.39, 0.29) is 17.9 Å². The summed E-state index contributed by atoms with van der Waals surface area (Å²) < 4.78 is 10.7. The van der Waals surface area contributed by atoms with E-state index in [0.29, 0.717) is 26.1 Å². The fourth-order valence-corrected chi connectivity index (χ4v) is 3.54. The van der Waals surface area contributed by atoms with Crippen LogP contribution in [0.4, 0.5) is 0 Å². The molecule has 5 nitrogen and oxygen atoms in total. The molecule has 0 aromatic heterocycles. The van der Waals surface area contributed by atoms with Crippen LogP contribution in [0.3, 0.4) is 0 Å². The van der Waals surface area contributed by atoms with Crippen molar-refractivity contribution in [2.24, 2.45) is 5.92 Å². The maximum atomic E-state index is 12.6. The van der Waals surface area contributed by atoms with E-state index in [1.165, 1.54) is 51.4 Å². The SMILES string of the molecule is CCCCCCCCC(CCCCCC)C(=O)OCCCCC(=O)OCCCNC. The van der Waals surface area contributed by atoms with Gasteiger partial charge in [-0.05, 0) is 45.7 Å². The van der Waals surface area contributed by atoms with Crippen LogP contribution in [0.1, 0.15) is 117 Å². The molecule has 0 aliphatic heterocycles. The average Bonchev–Trinajstić information content (AvgIpc) is 2.74. The van der Waals surface area contributed by atoms with Gasteiger partial charge in [0.05, 0.1) is 19.1 Å². The van der Waals surface area contributed by atoms with Crippen molar-refractivity contribution in [1.29, 1.82) is 0 Å². The molecule has 0 aromatic carbocycles. The summed E-state index contributed by atoms with van der Waals surface area (Å²) in [6.07, 6.45) is 16.8. The lowest BCUT2D eigenvalue weighted by Crippen LogP contribution is -2.19. The number of ether oxygens (including phenoxy) is 2. The molecule has 0 heterocycles. The van der Waals surface area contributed by atoms with Crippen molar-refractivity contribution in [3.05, 3.63) is 0 Å². The van der Waals surface area contributed by atoms with Crippen molar-refractivity contribution >= 4 is 11.9 Å². The van der Waals surface area contributed by atoms with E-state index in [2.05, 4.69) is 19.2 Å². The fourth-order valence-electron chi connectivity index (χ4n) is 3.54. The standard InChI is InChI=1S/C25H49NO4/c1-4-6-8-10-11-13-18-23(17-12-9-7-5-2)25(28)30-21-15-14-19-24(27)29-22-16-20-26-3/h23,26H,4-22H2,1-3H3. The molecule has 0 saturated heterocycles. The van der Waals surface area contributed by atoms with Gasteiger partial charge in [-0.3, -0.25) is 9.59 Å². The van der Waals surface area contributed by atoms with Gasteiger partial charge in [0, 0.05) is 6.42 Å². The summed E-state index contributed by atoms with van der Waals surface area (Å²) in [5.41, 5.74) is 0. The van der Waals surface area contributed by atoms with Crippen LogP contribution in [0.25, 0.3) is 0 Å². The molecule has 0 aliphatic carbocycles. The molecule has 0 amide bonds. The van der Waals surface area contributed by atoms with Gasteiger partial charge in [0.25, 0.3) is 0 Å². The lowest BCUT2D eigenvalue weighted by atomic mass is 9.94. The summed E-state index contributed by atoms with van der Waals surface area (Å²) in [6.45, 7) is 6.17. The number of hydrogen-bond donors (Lipinski definition) is 1. The fraction of sp³-hybridized carbons (Fsp3) is 0.920. The number of carbonyl (C=O) groups excluding carboxylic acids is 2. The Balaban J connectivity index is 4.00. The zero-order chi connectivity index (χ0) is 22.3. The summed E-state index contributed by atoms with van der Waals surface area (Å²) >= 11 is 0. The minimum absolute atomic E-state index is 0.0327. The molecular weight excluding hydrogens is 378 g/mol. The van der Waals surface area contributed by atoms with Gasteiger partial charge in [-0.2, -0.15) is 0 Å². The Labute approximate surface area is 186 Å². The van der Waals surface area contributed by atoms with Gasteiger partial charge < -0.3 is 14.8 Å². The quantitative estimate of drug-likeness (QED) is 0.165. The summed E-state index contributed by atoms with van der Waals surface area (Å²) in [4.78, 5) is 24.2. The molecule has 5 heteroatoms. The molecule has 0 saturated carbocycles. The Morgan fingerprint density at radius 3 is 1.90 bits per heavy atom. The number of carbonyl (C=O) groups is 2. The Hall–Kier alpha value is -1.10. The van der Waals surface area contributed by atoms with Crippen LogP contribution in [0.15, 0.2) is 0 Å². The lowest BCUT2D eigenvalue weighted by molar-refractivity contribution is -0.149. The molecule has 1 N–H and O–H groups in total. The van der Waals surface area contributed by atoms with Gasteiger partial charge in [-0.15, -0.1) is 0 Å². The maximum absolute atomic E-state index is 12.6. The van der Waals surface area contributed by atoms with Crippen LogP contribution in [0.5, 0.6) is 0 Å². The summed E-state index contributed by atoms with van der Waals surface area (Å²) in [7, 11) is 1.88. The second-order valence-corrected chi connectivity index (χ2v) is 8.40. The Morgan fingerprint density at radius 2 is 1.27 bits per heavy atom. The zero-order valence-electron chi connectivity index (χ0n) is 20.1. The van der Waals surface area contributed by atoms with Gasteiger partial charge in [0.15, 0.2) is 0 Å². The molecular formula is C25H49NO4. The predicted octanol–water partition coefficient (Wildman–Crippen LogP) is 6.19. The van der Waals surface area contributed by atoms with Crippen molar-refractivity contribution in [1.82, 2.24) is 5.32 Å². The first-order valence-electron chi connectivity index (χ1n) is 12.6. The third kappa shape index (κ3) is 18.9. The van der Waals surface area contributed by atoms with Crippen molar-refractivity contribution < 1.29 is 19.1 Å². The molecule has 0 spiro atoms. The molecule has 0 bridgehead atoms. The molecule has 0 radical (unpaired) electrons. The molecule has 0 rings (SSSR count). The predicted molar refractivity (Wildman–Crippen MR) is 125 cm³/mol. The number of nitrogens with one attached hydrogen (secondary N) is 1. The van der Waals surface area contributed by atoms with Gasteiger partial charge in [-0.25, -0.2) is 0 Å². The van der Waals surface area contributed by atoms with E-state index in [1.54, 1.807) is 0 Å². The van der Waals surface area contributed by atoms with E-state index >= 15 is 0 Å². The highest BCUT2D eigenvalue weighted by Crippen LogP contribution is 2.20. The second-order valence-electron chi connectivity index (χ2n) is 8.40. The molecule has 0 aromatic rings. The third-order valence-electron chi connectivity index (χ3n) is 5.50. The highest BCUT2D eigenvalue weighted by atomic mass is 16.5. The molecule has 0 aliphatic rings. The number of rotatable bonds is 22. The Morgan fingerprint density at radius 1 is 0.700 bits per heavy atom. The van der Waals surface area contributed by atoms with E-state index in [1.807, 2.05) is 7.05 Å². The first-order chi connectivity index (χ1) is 14.7. The Bertz CT molecular complexity index is 401. The number of unbranched alkanes of at least 4 members (excludes halogenated alkanes) is 9. The van der Waals surface area contributed by atoms with Crippen LogP contribution in [-0.2, 0) is 19.1 Å². The first kappa shape index (κ1) is 28.9. The van der Waals surface area contributed by atoms with Crippen LogP contribution < -0.4 is 5.32 Å². The first-order valence-corrected chi connectivity index (χ1v) is 12.6. The third-order valence-corrected chi connectivity index (χ3v) is 5.50. The largest absolute Gasteiger partial charge is 0.466 e. The zero-order valence-corrected chi connectivity index (χ0v) is 20.1. The summed E-state index contributed by atoms with van der Waals surface area (Å²) in [5.74, 6) is -0.144. The molecule has 178 valence electrons. The van der Waals surface area contributed by atoms with E-state index in [9.17, 15) is 9.59 Å². The topological polar surface area (TPSA) is 64.6 Å². The minimum Gasteiger partial charge on any atom is -0.466 e. The van der Waals surface area contributed by atoms with Crippen LogP contribution >= 0.6 is 0 Å². The van der Waals surface area contributed by atoms with E-state index < -0.39 is 0 Å². The summed E-state index contributed by atoms with van der Waals surface area (Å²) in [6, 6.07) is 0. The van der Waals surface area contributed by atoms with Crippen molar-refractivity contribution in [3.63, 3.8) is 0 Å². The Kier molecular flexibility index (Phi) is 21.8. The van der Waals surface area contributed by atoms with Crippen LogP contribution in [-0.4, -0.2) is 38.7 Å². The number of esters is 2. The van der Waals surface area contributed by atoms with Crippen molar-refractivity contribution in [3.8, 4) is 0 Å². The van der Waals surface area contributed by atoms with Gasteiger partial charge in [0.2, 0.25) is 0 Å². The van der Waals surface area contributed by atoms with Crippen LogP contribution in [0.2, 0.25) is 0 Å². The molecule has 1 atom stereocenters. The maximum Gasteiger partial charge on any atom is 0.308 e. The van der Waals surface area contributed by atoms with Crippen LogP contribution in [0, 0.1) is 5.92 Å². The van der Waals surface area contributed by atoms with E-state index in [0.717, 1.165) is 45.1 Å². The smallest absolute Gasteiger partial charge is 0.308 e. The highest BCUT2D eigenvalue weighted by Gasteiger charge is 2.19. The molecule has 0 fully saturated rings. The van der Waals surface area contributed by atoms with Gasteiger partial charge >= 0.3 is 11.9 Å². The van der Waals surface area contributed by atoms with Gasteiger partial charge in [0.1, 0.15) is 0 Å². The lowest BCUT2D eigenvalue weighted by Gasteiger charge is -2.16. The highest BCUT2D eigenvalue weighted by molar-refractivity contribution is 5.72. The van der Waals surface area contributed by atoms with E-state index in [4.69, 9.17) is 9.47 Å². The van der Waals surface area contributed by atoms with Gasteiger partial charge in [-0.1, -0.05) is 78.1 Å². The molecule has 30 heavy (non-hydrogen) atoms. The molecule has 1 unspecified atom stereocenters. The summed E-state index contributed by atoms with van der Waals surface area (Å²) in [5, 5.41) is 3.02. The second kappa shape index (κ2) is 22.6. The normalized spacial score (nSPS) is 12.0.